The van der Waals surface area contributed by atoms with Gasteiger partial charge in [0.15, 0.2) is 0 Å². The lowest BCUT2D eigenvalue weighted by molar-refractivity contribution is 0.551. The number of nitriles is 1. The summed E-state index contributed by atoms with van der Waals surface area (Å²) in [6.07, 6.45) is 0.853. The minimum atomic E-state index is 0.652. The van der Waals surface area contributed by atoms with Crippen LogP contribution in [-0.4, -0.2) is 0 Å². The van der Waals surface area contributed by atoms with Crippen molar-refractivity contribution in [1.29, 1.82) is 5.26 Å². The molecule has 21 heavy (non-hydrogen) atoms. The van der Waals surface area contributed by atoms with Gasteiger partial charge in [-0.15, -0.1) is 0 Å². The van der Waals surface area contributed by atoms with Gasteiger partial charge in [-0.1, -0.05) is 37.3 Å². The maximum absolute atomic E-state index is 9.14. The fourth-order valence-corrected chi connectivity index (χ4v) is 2.55. The van der Waals surface area contributed by atoms with E-state index < -0.39 is 0 Å². The van der Waals surface area contributed by atoms with Gasteiger partial charge in [-0.05, 0) is 18.2 Å². The minimum Gasteiger partial charge on any atom is -0.461 e. The molecule has 2 aromatic carbocycles. The zero-order chi connectivity index (χ0) is 14.7. The Labute approximate surface area is 123 Å². The van der Waals surface area contributed by atoms with Crippen molar-refractivity contribution in [1.82, 2.24) is 0 Å². The highest BCUT2D eigenvalue weighted by Gasteiger charge is 2.12. The van der Waals surface area contributed by atoms with E-state index in [9.17, 15) is 0 Å². The first-order chi connectivity index (χ1) is 10.3. The third-order valence-electron chi connectivity index (χ3n) is 3.61. The largest absolute Gasteiger partial charge is 0.461 e. The van der Waals surface area contributed by atoms with Gasteiger partial charge in [0.1, 0.15) is 17.4 Å². The van der Waals surface area contributed by atoms with E-state index in [-0.39, 0.29) is 0 Å². The highest BCUT2D eigenvalue weighted by molar-refractivity contribution is 5.82. The average Bonchev–Trinajstić information content (AvgIpc) is 2.91. The second-order valence-electron chi connectivity index (χ2n) is 4.86. The Hall–Kier alpha value is -2.73. The smallest absolute Gasteiger partial charge is 0.134 e. The summed E-state index contributed by atoms with van der Waals surface area (Å²) in [4.78, 5) is 0. The van der Waals surface area contributed by atoms with Crippen LogP contribution in [0.15, 0.2) is 52.9 Å². The van der Waals surface area contributed by atoms with Crippen molar-refractivity contribution in [3.05, 3.63) is 65.4 Å². The maximum Gasteiger partial charge on any atom is 0.134 e. The van der Waals surface area contributed by atoms with E-state index in [0.29, 0.717) is 12.1 Å². The summed E-state index contributed by atoms with van der Waals surface area (Å²) in [5, 5.41) is 13.6. The van der Waals surface area contributed by atoms with E-state index in [1.165, 1.54) is 5.56 Å². The number of benzene rings is 2. The Morgan fingerprint density at radius 1 is 1.10 bits per heavy atom. The predicted octanol–water partition coefficient (Wildman–Crippen LogP) is 4.48. The van der Waals surface area contributed by atoms with E-state index in [4.69, 9.17) is 9.68 Å². The van der Waals surface area contributed by atoms with E-state index in [0.717, 1.165) is 28.8 Å². The molecule has 0 amide bonds. The summed E-state index contributed by atoms with van der Waals surface area (Å²) in [7, 11) is 0. The second kappa shape index (κ2) is 5.72. The van der Waals surface area contributed by atoms with Crippen LogP contribution in [-0.2, 0) is 13.0 Å². The summed E-state index contributed by atoms with van der Waals surface area (Å²) < 4.78 is 5.89. The monoisotopic (exact) mass is 276 g/mol. The zero-order valence-corrected chi connectivity index (χ0v) is 11.9. The molecule has 3 nitrogen and oxygen atoms in total. The molecule has 3 heteroatoms. The lowest BCUT2D eigenvalue weighted by Crippen LogP contribution is -2.02. The SMILES string of the molecule is CCc1oc2ccccc2c1CNc1ccccc1C#N. The fourth-order valence-electron chi connectivity index (χ4n) is 2.55. The standard InChI is InChI=1S/C18H16N2O/c1-2-17-15(14-8-4-6-10-18(14)21-17)12-20-16-9-5-3-7-13(16)11-19/h3-10,20H,2,12H2,1H3. The minimum absolute atomic E-state index is 0.652. The van der Waals surface area contributed by atoms with Crippen molar-refractivity contribution >= 4 is 16.7 Å². The summed E-state index contributed by atoms with van der Waals surface area (Å²) >= 11 is 0. The third-order valence-corrected chi connectivity index (χ3v) is 3.61. The quantitative estimate of drug-likeness (QED) is 0.764. The van der Waals surface area contributed by atoms with E-state index in [2.05, 4.69) is 24.4 Å². The summed E-state index contributed by atoms with van der Waals surface area (Å²) in [6.45, 7) is 2.74. The number of nitrogens with one attached hydrogen (secondary N) is 1. The van der Waals surface area contributed by atoms with Gasteiger partial charge < -0.3 is 9.73 Å². The molecule has 3 rings (SSSR count). The van der Waals surface area contributed by atoms with Gasteiger partial charge >= 0.3 is 0 Å². The molecule has 0 aliphatic heterocycles. The molecule has 104 valence electrons. The Balaban J connectivity index is 1.93. The first-order valence-electron chi connectivity index (χ1n) is 7.05. The molecule has 1 aromatic heterocycles. The normalized spacial score (nSPS) is 10.5. The predicted molar refractivity (Wildman–Crippen MR) is 84.1 cm³/mol. The average molecular weight is 276 g/mol. The molecule has 0 bridgehead atoms. The highest BCUT2D eigenvalue weighted by atomic mass is 16.3. The molecule has 1 N–H and O–H groups in total. The molecule has 0 spiro atoms. The van der Waals surface area contributed by atoms with Gasteiger partial charge in [-0.2, -0.15) is 5.26 Å². The molecule has 0 saturated heterocycles. The number of hydrogen-bond acceptors (Lipinski definition) is 3. The van der Waals surface area contributed by atoms with Crippen molar-refractivity contribution < 1.29 is 4.42 Å². The number of rotatable bonds is 4. The number of fused-ring (bicyclic) bond motifs is 1. The number of para-hydroxylation sites is 2. The summed E-state index contributed by atoms with van der Waals surface area (Å²) in [5.41, 5.74) is 3.59. The second-order valence-corrected chi connectivity index (χ2v) is 4.86. The summed E-state index contributed by atoms with van der Waals surface area (Å²) in [6, 6.07) is 17.8. The number of aryl methyl sites for hydroxylation is 1. The molecule has 0 unspecified atom stereocenters. The molecule has 0 radical (unpaired) electrons. The van der Waals surface area contributed by atoms with Crippen LogP contribution in [0.5, 0.6) is 0 Å². The lowest BCUT2D eigenvalue weighted by atomic mass is 10.1. The topological polar surface area (TPSA) is 49.0 Å². The van der Waals surface area contributed by atoms with Crippen LogP contribution in [0.3, 0.4) is 0 Å². The van der Waals surface area contributed by atoms with Crippen molar-refractivity contribution in [3.63, 3.8) is 0 Å². The zero-order valence-electron chi connectivity index (χ0n) is 11.9. The van der Waals surface area contributed by atoms with Gasteiger partial charge in [0.25, 0.3) is 0 Å². The van der Waals surface area contributed by atoms with Crippen LogP contribution < -0.4 is 5.32 Å². The van der Waals surface area contributed by atoms with Gasteiger partial charge in [-0.25, -0.2) is 0 Å². The lowest BCUT2D eigenvalue weighted by Gasteiger charge is -2.08. The molecule has 0 aliphatic carbocycles. The van der Waals surface area contributed by atoms with Crippen LogP contribution in [0.1, 0.15) is 23.8 Å². The van der Waals surface area contributed by atoms with Crippen LogP contribution in [0.4, 0.5) is 5.69 Å². The third kappa shape index (κ3) is 2.48. The van der Waals surface area contributed by atoms with Crippen LogP contribution >= 0.6 is 0 Å². The van der Waals surface area contributed by atoms with Crippen LogP contribution in [0.2, 0.25) is 0 Å². The number of nitrogens with zero attached hydrogens (tertiary/aromatic N) is 1. The van der Waals surface area contributed by atoms with Gasteiger partial charge in [0.2, 0.25) is 0 Å². The maximum atomic E-state index is 9.14. The fraction of sp³-hybridized carbons (Fsp3) is 0.167. The van der Waals surface area contributed by atoms with E-state index in [1.807, 2.05) is 42.5 Å². The van der Waals surface area contributed by atoms with Gasteiger partial charge in [0.05, 0.1) is 11.3 Å². The van der Waals surface area contributed by atoms with E-state index >= 15 is 0 Å². The first-order valence-corrected chi connectivity index (χ1v) is 7.05. The Morgan fingerprint density at radius 2 is 1.86 bits per heavy atom. The first kappa shape index (κ1) is 13.3. The molecular formula is C18H16N2O. The van der Waals surface area contributed by atoms with E-state index in [1.54, 1.807) is 0 Å². The number of furan rings is 1. The Bertz CT molecular complexity index is 811. The molecule has 0 saturated carbocycles. The Kier molecular flexibility index (Phi) is 3.61. The van der Waals surface area contributed by atoms with Crippen LogP contribution in [0.25, 0.3) is 11.0 Å². The molecule has 0 fully saturated rings. The van der Waals surface area contributed by atoms with Crippen molar-refractivity contribution in [3.8, 4) is 6.07 Å². The molecular weight excluding hydrogens is 260 g/mol. The molecule has 0 atom stereocenters. The summed E-state index contributed by atoms with van der Waals surface area (Å²) in [5.74, 6) is 0.998. The number of anilines is 1. The van der Waals surface area contributed by atoms with Crippen molar-refractivity contribution in [2.75, 3.05) is 5.32 Å². The molecule has 1 heterocycles. The molecule has 0 aliphatic rings. The Morgan fingerprint density at radius 3 is 2.67 bits per heavy atom. The van der Waals surface area contributed by atoms with Gasteiger partial charge in [-0.3, -0.25) is 0 Å². The highest BCUT2D eigenvalue weighted by Crippen LogP contribution is 2.27. The van der Waals surface area contributed by atoms with Gasteiger partial charge in [0, 0.05) is 23.9 Å². The number of hydrogen-bond donors (Lipinski definition) is 1. The van der Waals surface area contributed by atoms with Crippen molar-refractivity contribution in [2.24, 2.45) is 0 Å². The van der Waals surface area contributed by atoms with Crippen LogP contribution in [0, 0.1) is 11.3 Å². The molecule has 3 aromatic rings. The van der Waals surface area contributed by atoms with Crippen molar-refractivity contribution in [2.45, 2.75) is 19.9 Å².